The summed E-state index contributed by atoms with van der Waals surface area (Å²) in [7, 11) is 1.70. The van der Waals surface area contributed by atoms with Crippen molar-refractivity contribution in [2.75, 3.05) is 26.7 Å². The summed E-state index contributed by atoms with van der Waals surface area (Å²) in [6, 6.07) is 0. The summed E-state index contributed by atoms with van der Waals surface area (Å²) in [5.41, 5.74) is 0. The van der Waals surface area contributed by atoms with Gasteiger partial charge in [0, 0.05) is 7.05 Å². The molecule has 82 valence electrons. The molecule has 14 heavy (non-hydrogen) atoms. The van der Waals surface area contributed by atoms with E-state index in [9.17, 15) is 4.79 Å². The molecule has 0 atom stereocenters. The van der Waals surface area contributed by atoms with Gasteiger partial charge < -0.3 is 5.32 Å². The fourth-order valence-corrected chi connectivity index (χ4v) is 2.06. The van der Waals surface area contributed by atoms with Crippen molar-refractivity contribution in [1.82, 2.24) is 10.2 Å². The minimum atomic E-state index is 0.132. The summed E-state index contributed by atoms with van der Waals surface area (Å²) in [6.07, 6.45) is 2.49. The summed E-state index contributed by atoms with van der Waals surface area (Å²) >= 11 is 0. The summed E-state index contributed by atoms with van der Waals surface area (Å²) in [5, 5.41) is 2.67. The average Bonchev–Trinajstić information content (AvgIpc) is 2.18. The minimum Gasteiger partial charge on any atom is -0.358 e. The lowest BCUT2D eigenvalue weighted by molar-refractivity contribution is -0.122. The number of likely N-dealkylation sites (N-methyl/N-ethyl adjacent to an activating group) is 1. The second-order valence-corrected chi connectivity index (χ2v) is 4.53. The Kier molecular flexibility index (Phi) is 4.39. The lowest BCUT2D eigenvalue weighted by Gasteiger charge is -2.33. The van der Waals surface area contributed by atoms with Crippen molar-refractivity contribution >= 4 is 5.91 Å². The van der Waals surface area contributed by atoms with Crippen molar-refractivity contribution in [2.45, 2.75) is 26.7 Å². The topological polar surface area (TPSA) is 32.3 Å². The standard InChI is InChI=1S/C11H22N2O/c1-9(2)10-4-6-13(7-5-10)8-11(14)12-3/h9-10H,4-8H2,1-3H3,(H,12,14). The van der Waals surface area contributed by atoms with Gasteiger partial charge >= 0.3 is 0 Å². The van der Waals surface area contributed by atoms with Crippen LogP contribution in [0.2, 0.25) is 0 Å². The van der Waals surface area contributed by atoms with E-state index in [4.69, 9.17) is 0 Å². The maximum Gasteiger partial charge on any atom is 0.233 e. The lowest BCUT2D eigenvalue weighted by atomic mass is 9.87. The normalized spacial score (nSPS) is 20.0. The van der Waals surface area contributed by atoms with Crippen LogP contribution in [-0.2, 0) is 4.79 Å². The number of amides is 1. The van der Waals surface area contributed by atoms with E-state index in [0.29, 0.717) is 6.54 Å². The Balaban J connectivity index is 2.25. The number of nitrogens with zero attached hydrogens (tertiary/aromatic N) is 1. The van der Waals surface area contributed by atoms with Gasteiger partial charge in [0.15, 0.2) is 0 Å². The van der Waals surface area contributed by atoms with Crippen LogP contribution in [0, 0.1) is 11.8 Å². The molecule has 0 aromatic rings. The van der Waals surface area contributed by atoms with Crippen LogP contribution in [0.5, 0.6) is 0 Å². The van der Waals surface area contributed by atoms with Crippen molar-refractivity contribution in [3.63, 3.8) is 0 Å². The van der Waals surface area contributed by atoms with Gasteiger partial charge in [0.2, 0.25) is 5.91 Å². The summed E-state index contributed by atoms with van der Waals surface area (Å²) in [5.74, 6) is 1.78. The van der Waals surface area contributed by atoms with Gasteiger partial charge in [0.05, 0.1) is 6.54 Å². The van der Waals surface area contributed by atoms with E-state index in [2.05, 4.69) is 24.1 Å². The number of piperidine rings is 1. The van der Waals surface area contributed by atoms with E-state index in [0.717, 1.165) is 24.9 Å². The maximum atomic E-state index is 11.1. The second kappa shape index (κ2) is 5.35. The Morgan fingerprint density at radius 2 is 2.00 bits per heavy atom. The van der Waals surface area contributed by atoms with Crippen molar-refractivity contribution in [3.05, 3.63) is 0 Å². The predicted molar refractivity (Wildman–Crippen MR) is 58.1 cm³/mol. The number of carbonyl (C=O) groups excluding carboxylic acids is 1. The number of likely N-dealkylation sites (tertiary alicyclic amines) is 1. The molecule has 0 aromatic carbocycles. The van der Waals surface area contributed by atoms with Gasteiger partial charge in [-0.15, -0.1) is 0 Å². The number of rotatable bonds is 3. The molecule has 1 heterocycles. The van der Waals surface area contributed by atoms with Crippen LogP contribution in [0.25, 0.3) is 0 Å². The van der Waals surface area contributed by atoms with E-state index in [-0.39, 0.29) is 5.91 Å². The van der Waals surface area contributed by atoms with Crippen LogP contribution in [0.1, 0.15) is 26.7 Å². The monoisotopic (exact) mass is 198 g/mol. The van der Waals surface area contributed by atoms with Crippen LogP contribution >= 0.6 is 0 Å². The molecule has 0 unspecified atom stereocenters. The van der Waals surface area contributed by atoms with Gasteiger partial charge in [-0.2, -0.15) is 0 Å². The van der Waals surface area contributed by atoms with Gasteiger partial charge in [0.25, 0.3) is 0 Å². The van der Waals surface area contributed by atoms with Crippen LogP contribution in [0.15, 0.2) is 0 Å². The molecule has 0 radical (unpaired) electrons. The Bertz CT molecular complexity index is 184. The van der Waals surface area contributed by atoms with Crippen LogP contribution in [0.4, 0.5) is 0 Å². The zero-order valence-electron chi connectivity index (χ0n) is 9.55. The highest BCUT2D eigenvalue weighted by Gasteiger charge is 2.22. The fraction of sp³-hybridized carbons (Fsp3) is 0.909. The average molecular weight is 198 g/mol. The molecule has 1 aliphatic heterocycles. The van der Waals surface area contributed by atoms with E-state index >= 15 is 0 Å². The fourth-order valence-electron chi connectivity index (χ4n) is 2.06. The summed E-state index contributed by atoms with van der Waals surface area (Å²) in [6.45, 7) is 7.31. The molecule has 1 amide bonds. The van der Waals surface area contributed by atoms with Crippen molar-refractivity contribution in [3.8, 4) is 0 Å². The first kappa shape index (κ1) is 11.5. The summed E-state index contributed by atoms with van der Waals surface area (Å²) < 4.78 is 0. The van der Waals surface area contributed by atoms with Gasteiger partial charge in [-0.1, -0.05) is 13.8 Å². The molecule has 0 spiro atoms. The molecule has 1 N–H and O–H groups in total. The van der Waals surface area contributed by atoms with Gasteiger partial charge in [-0.05, 0) is 37.8 Å². The number of nitrogens with one attached hydrogen (secondary N) is 1. The Morgan fingerprint density at radius 1 is 1.43 bits per heavy atom. The molecule has 0 aliphatic carbocycles. The lowest BCUT2D eigenvalue weighted by Crippen LogP contribution is -2.41. The molecule has 3 nitrogen and oxygen atoms in total. The van der Waals surface area contributed by atoms with E-state index in [1.807, 2.05) is 0 Å². The highest BCUT2D eigenvalue weighted by atomic mass is 16.1. The molecule has 3 heteroatoms. The number of hydrogen-bond donors (Lipinski definition) is 1. The molecule has 1 saturated heterocycles. The first-order valence-corrected chi connectivity index (χ1v) is 5.56. The van der Waals surface area contributed by atoms with Crippen molar-refractivity contribution in [1.29, 1.82) is 0 Å². The highest BCUT2D eigenvalue weighted by Crippen LogP contribution is 2.23. The minimum absolute atomic E-state index is 0.132. The van der Waals surface area contributed by atoms with Crippen LogP contribution in [-0.4, -0.2) is 37.5 Å². The molecule has 0 saturated carbocycles. The molecular formula is C11H22N2O. The third kappa shape index (κ3) is 3.29. The largest absolute Gasteiger partial charge is 0.358 e. The second-order valence-electron chi connectivity index (χ2n) is 4.53. The van der Waals surface area contributed by atoms with E-state index in [1.165, 1.54) is 12.8 Å². The SMILES string of the molecule is CNC(=O)CN1CCC(C(C)C)CC1. The smallest absolute Gasteiger partial charge is 0.233 e. The molecule has 1 aliphatic rings. The molecular weight excluding hydrogens is 176 g/mol. The highest BCUT2D eigenvalue weighted by molar-refractivity contribution is 5.77. The van der Waals surface area contributed by atoms with Crippen LogP contribution in [0.3, 0.4) is 0 Å². The van der Waals surface area contributed by atoms with E-state index < -0.39 is 0 Å². The first-order chi connectivity index (χ1) is 6.63. The Labute approximate surface area is 86.9 Å². The molecule has 0 aromatic heterocycles. The number of hydrogen-bond acceptors (Lipinski definition) is 2. The van der Waals surface area contributed by atoms with Gasteiger partial charge in [-0.3, -0.25) is 9.69 Å². The maximum absolute atomic E-state index is 11.1. The van der Waals surface area contributed by atoms with Gasteiger partial charge in [-0.25, -0.2) is 0 Å². The van der Waals surface area contributed by atoms with Crippen molar-refractivity contribution in [2.24, 2.45) is 11.8 Å². The predicted octanol–water partition coefficient (Wildman–Crippen LogP) is 1.10. The molecule has 0 bridgehead atoms. The quantitative estimate of drug-likeness (QED) is 0.736. The molecule has 1 fully saturated rings. The third-order valence-electron chi connectivity index (χ3n) is 3.22. The zero-order valence-corrected chi connectivity index (χ0v) is 9.55. The first-order valence-electron chi connectivity index (χ1n) is 5.56. The Hall–Kier alpha value is -0.570. The third-order valence-corrected chi connectivity index (χ3v) is 3.22. The van der Waals surface area contributed by atoms with Crippen LogP contribution < -0.4 is 5.32 Å². The number of carbonyl (C=O) groups is 1. The Morgan fingerprint density at radius 3 is 2.43 bits per heavy atom. The molecule has 1 rings (SSSR count). The van der Waals surface area contributed by atoms with E-state index in [1.54, 1.807) is 7.05 Å². The van der Waals surface area contributed by atoms with Crippen molar-refractivity contribution < 1.29 is 4.79 Å². The van der Waals surface area contributed by atoms with Gasteiger partial charge in [0.1, 0.15) is 0 Å². The zero-order chi connectivity index (χ0) is 10.6. The summed E-state index contributed by atoms with van der Waals surface area (Å²) in [4.78, 5) is 13.4.